The first kappa shape index (κ1) is 12.4. The van der Waals surface area contributed by atoms with Crippen LogP contribution < -0.4 is 5.32 Å². The van der Waals surface area contributed by atoms with Crippen molar-refractivity contribution in [1.29, 1.82) is 0 Å². The summed E-state index contributed by atoms with van der Waals surface area (Å²) in [6.45, 7) is 0. The molecule has 0 aliphatic heterocycles. The minimum atomic E-state index is -1.22. The molecule has 0 aliphatic carbocycles. The average molecular weight is 260 g/mol. The Balaban J connectivity index is 2.39. The van der Waals surface area contributed by atoms with Gasteiger partial charge >= 0.3 is 11.9 Å². The molecule has 2 aromatic rings. The van der Waals surface area contributed by atoms with E-state index in [0.717, 1.165) is 6.07 Å². The zero-order valence-electron chi connectivity index (χ0n) is 9.44. The summed E-state index contributed by atoms with van der Waals surface area (Å²) in [4.78, 5) is 33.1. The highest BCUT2D eigenvalue weighted by Crippen LogP contribution is 2.18. The summed E-state index contributed by atoms with van der Waals surface area (Å²) in [7, 11) is 0. The number of hydrogen-bond donors (Lipinski definition) is 3. The molecule has 0 fully saturated rings. The van der Waals surface area contributed by atoms with Gasteiger partial charge in [0.2, 0.25) is 5.95 Å². The summed E-state index contributed by atoms with van der Waals surface area (Å²) in [6, 6.07) is 3.65. The van der Waals surface area contributed by atoms with E-state index in [0.29, 0.717) is 0 Å². The molecular formula is C11H8N4O4. The number of nitrogens with one attached hydrogen (secondary N) is 1. The van der Waals surface area contributed by atoms with Gasteiger partial charge in [-0.05, 0) is 18.2 Å². The Labute approximate surface area is 106 Å². The Hall–Kier alpha value is -3.03. The van der Waals surface area contributed by atoms with Crippen molar-refractivity contribution in [2.75, 3.05) is 5.32 Å². The standard InChI is InChI=1S/C11H8N4O4/c16-9(17)6-1-7(10(18)19)3-8(2-6)15-11-13-4-12-5-14-11/h1-5H,(H,16,17)(H,18,19)(H,12,13,14,15). The van der Waals surface area contributed by atoms with Crippen LogP contribution >= 0.6 is 0 Å². The molecule has 0 radical (unpaired) electrons. The number of hydrogen-bond acceptors (Lipinski definition) is 6. The molecule has 0 aliphatic rings. The van der Waals surface area contributed by atoms with Crippen LogP contribution in [0.5, 0.6) is 0 Å². The first-order chi connectivity index (χ1) is 9.06. The second kappa shape index (κ2) is 5.08. The Morgan fingerprint density at radius 1 is 0.947 bits per heavy atom. The maximum atomic E-state index is 10.9. The van der Waals surface area contributed by atoms with Crippen molar-refractivity contribution in [2.45, 2.75) is 0 Å². The normalized spacial score (nSPS) is 9.89. The van der Waals surface area contributed by atoms with Gasteiger partial charge in [0.25, 0.3) is 0 Å². The summed E-state index contributed by atoms with van der Waals surface area (Å²) in [6.07, 6.45) is 2.52. The van der Waals surface area contributed by atoms with E-state index < -0.39 is 11.9 Å². The lowest BCUT2D eigenvalue weighted by Crippen LogP contribution is -2.05. The topological polar surface area (TPSA) is 125 Å². The Morgan fingerprint density at radius 2 is 1.47 bits per heavy atom. The predicted molar refractivity (Wildman–Crippen MR) is 63.5 cm³/mol. The van der Waals surface area contributed by atoms with E-state index in [9.17, 15) is 9.59 Å². The number of carboxylic acids is 2. The molecule has 0 bridgehead atoms. The van der Waals surface area contributed by atoms with E-state index in [1.165, 1.54) is 24.8 Å². The van der Waals surface area contributed by atoms with Crippen LogP contribution in [0.4, 0.5) is 11.6 Å². The van der Waals surface area contributed by atoms with Crippen LogP contribution in [0.3, 0.4) is 0 Å². The molecule has 1 aromatic heterocycles. The Morgan fingerprint density at radius 3 is 1.95 bits per heavy atom. The quantitative estimate of drug-likeness (QED) is 0.743. The molecule has 0 atom stereocenters. The molecule has 8 heteroatoms. The first-order valence-corrected chi connectivity index (χ1v) is 5.07. The minimum absolute atomic E-state index is 0.142. The highest BCUT2D eigenvalue weighted by Gasteiger charge is 2.11. The number of rotatable bonds is 4. The molecule has 1 heterocycles. The fourth-order valence-corrected chi connectivity index (χ4v) is 1.38. The van der Waals surface area contributed by atoms with Gasteiger partial charge in [-0.3, -0.25) is 0 Å². The van der Waals surface area contributed by atoms with Crippen molar-refractivity contribution in [3.05, 3.63) is 42.0 Å². The van der Waals surface area contributed by atoms with Crippen molar-refractivity contribution in [2.24, 2.45) is 0 Å². The smallest absolute Gasteiger partial charge is 0.335 e. The monoisotopic (exact) mass is 260 g/mol. The van der Waals surface area contributed by atoms with E-state index in [1.807, 2.05) is 0 Å². The SMILES string of the molecule is O=C(O)c1cc(Nc2ncncn2)cc(C(=O)O)c1. The molecule has 0 unspecified atom stereocenters. The maximum absolute atomic E-state index is 10.9. The van der Waals surface area contributed by atoms with Gasteiger partial charge in [-0.2, -0.15) is 0 Å². The van der Waals surface area contributed by atoms with E-state index >= 15 is 0 Å². The third kappa shape index (κ3) is 3.00. The molecule has 0 spiro atoms. The number of nitrogens with zero attached hydrogens (tertiary/aromatic N) is 3. The fourth-order valence-electron chi connectivity index (χ4n) is 1.38. The predicted octanol–water partition coefficient (Wildman–Crippen LogP) is 1.01. The highest BCUT2D eigenvalue weighted by atomic mass is 16.4. The van der Waals surface area contributed by atoms with Crippen LogP contribution in [-0.4, -0.2) is 37.1 Å². The molecule has 8 nitrogen and oxygen atoms in total. The van der Waals surface area contributed by atoms with Gasteiger partial charge in [-0.25, -0.2) is 24.5 Å². The largest absolute Gasteiger partial charge is 0.478 e. The Kier molecular flexibility index (Phi) is 3.33. The molecule has 19 heavy (non-hydrogen) atoms. The fraction of sp³-hybridized carbons (Fsp3) is 0. The zero-order chi connectivity index (χ0) is 13.8. The van der Waals surface area contributed by atoms with Crippen molar-refractivity contribution in [1.82, 2.24) is 15.0 Å². The van der Waals surface area contributed by atoms with Crippen molar-refractivity contribution < 1.29 is 19.8 Å². The lowest BCUT2D eigenvalue weighted by atomic mass is 10.1. The van der Waals surface area contributed by atoms with E-state index in [4.69, 9.17) is 10.2 Å². The maximum Gasteiger partial charge on any atom is 0.335 e. The number of aromatic carboxylic acids is 2. The third-order valence-corrected chi connectivity index (χ3v) is 2.18. The second-order valence-corrected chi connectivity index (χ2v) is 3.50. The molecule has 1 aromatic carbocycles. The van der Waals surface area contributed by atoms with Crippen molar-refractivity contribution >= 4 is 23.6 Å². The van der Waals surface area contributed by atoms with Gasteiger partial charge in [-0.1, -0.05) is 0 Å². The van der Waals surface area contributed by atoms with Crippen LogP contribution in [0.2, 0.25) is 0 Å². The molecule has 3 N–H and O–H groups in total. The molecule has 0 amide bonds. The number of carbonyl (C=O) groups is 2. The van der Waals surface area contributed by atoms with Gasteiger partial charge in [0.05, 0.1) is 11.1 Å². The van der Waals surface area contributed by atoms with Crippen LogP contribution in [0.15, 0.2) is 30.9 Å². The lowest BCUT2D eigenvalue weighted by Gasteiger charge is -2.06. The van der Waals surface area contributed by atoms with Gasteiger partial charge in [0, 0.05) is 5.69 Å². The number of aromatic nitrogens is 3. The molecular weight excluding hydrogens is 252 g/mol. The number of carboxylic acid groups (broad SMARTS) is 2. The highest BCUT2D eigenvalue weighted by molar-refractivity contribution is 5.95. The van der Waals surface area contributed by atoms with E-state index in [2.05, 4.69) is 20.3 Å². The molecule has 0 saturated heterocycles. The summed E-state index contributed by atoms with van der Waals surface area (Å²) in [5, 5.41) is 20.5. The lowest BCUT2D eigenvalue weighted by molar-refractivity contribution is 0.0696. The van der Waals surface area contributed by atoms with E-state index in [1.54, 1.807) is 0 Å². The van der Waals surface area contributed by atoms with Crippen molar-refractivity contribution in [3.63, 3.8) is 0 Å². The van der Waals surface area contributed by atoms with Gasteiger partial charge in [0.15, 0.2) is 0 Å². The van der Waals surface area contributed by atoms with Crippen LogP contribution in [0, 0.1) is 0 Å². The van der Waals surface area contributed by atoms with Gasteiger partial charge in [-0.15, -0.1) is 0 Å². The summed E-state index contributed by atoms with van der Waals surface area (Å²) >= 11 is 0. The summed E-state index contributed by atoms with van der Waals surface area (Å²) < 4.78 is 0. The van der Waals surface area contributed by atoms with Crippen molar-refractivity contribution in [3.8, 4) is 0 Å². The van der Waals surface area contributed by atoms with Crippen LogP contribution in [0.25, 0.3) is 0 Å². The first-order valence-electron chi connectivity index (χ1n) is 5.07. The third-order valence-electron chi connectivity index (χ3n) is 2.18. The minimum Gasteiger partial charge on any atom is -0.478 e. The molecule has 2 rings (SSSR count). The number of benzene rings is 1. The molecule has 0 saturated carbocycles. The van der Waals surface area contributed by atoms with Crippen LogP contribution in [-0.2, 0) is 0 Å². The summed E-state index contributed by atoms with van der Waals surface area (Å²) in [5.41, 5.74) is -0.0172. The average Bonchev–Trinajstić information content (AvgIpc) is 2.39. The zero-order valence-corrected chi connectivity index (χ0v) is 9.44. The van der Waals surface area contributed by atoms with Crippen LogP contribution in [0.1, 0.15) is 20.7 Å². The molecule has 96 valence electrons. The van der Waals surface area contributed by atoms with E-state index in [-0.39, 0.29) is 22.8 Å². The second-order valence-electron chi connectivity index (χ2n) is 3.50. The Bertz CT molecular complexity index is 598. The van der Waals surface area contributed by atoms with Gasteiger partial charge < -0.3 is 15.5 Å². The summed E-state index contributed by atoms with van der Waals surface area (Å²) in [5.74, 6) is -2.25. The van der Waals surface area contributed by atoms with Gasteiger partial charge in [0.1, 0.15) is 12.7 Å². The number of anilines is 2.